The van der Waals surface area contributed by atoms with Gasteiger partial charge in [0.25, 0.3) is 0 Å². The molecule has 0 amide bonds. The highest BCUT2D eigenvalue weighted by Crippen LogP contribution is 2.21. The van der Waals surface area contributed by atoms with Gasteiger partial charge in [-0.2, -0.15) is 0 Å². The van der Waals surface area contributed by atoms with Gasteiger partial charge in [-0.3, -0.25) is 0 Å². The van der Waals surface area contributed by atoms with Gasteiger partial charge in [0.05, 0.1) is 5.02 Å². The average molecular weight is 154 g/mol. The molecule has 0 radical (unpaired) electrons. The summed E-state index contributed by atoms with van der Waals surface area (Å²) in [6.45, 7) is 0. The zero-order valence-electron chi connectivity index (χ0n) is 5.04. The second-order valence-electron chi connectivity index (χ2n) is 1.94. The number of aromatic nitrogens is 1. The van der Waals surface area contributed by atoms with Gasteiger partial charge in [-0.1, -0.05) is 17.7 Å². The lowest BCUT2D eigenvalue weighted by Gasteiger charge is -1.86. The fourth-order valence-electron chi connectivity index (χ4n) is 0.852. The van der Waals surface area contributed by atoms with Gasteiger partial charge in [0.2, 0.25) is 0 Å². The van der Waals surface area contributed by atoms with Crippen molar-refractivity contribution in [2.24, 2.45) is 0 Å². The number of benzene rings is 1. The number of rotatable bonds is 0. The maximum atomic E-state index is 5.76. The summed E-state index contributed by atoms with van der Waals surface area (Å²) in [4.78, 5) is 3.93. The van der Waals surface area contributed by atoms with Gasteiger partial charge >= 0.3 is 0 Å². The zero-order valence-corrected chi connectivity index (χ0v) is 5.80. The van der Waals surface area contributed by atoms with E-state index in [1.54, 1.807) is 6.07 Å². The van der Waals surface area contributed by atoms with Crippen molar-refractivity contribution in [3.8, 4) is 0 Å². The number of halogens is 1. The number of nitrogens with zero attached hydrogens (tertiary/aromatic N) is 1. The highest BCUT2D eigenvalue weighted by Gasteiger charge is 1.99. The van der Waals surface area contributed by atoms with Gasteiger partial charge in [0.1, 0.15) is 5.52 Å². The Bertz CT molecular complexity index is 355. The molecule has 0 spiro atoms. The van der Waals surface area contributed by atoms with E-state index in [0.29, 0.717) is 10.6 Å². The summed E-state index contributed by atoms with van der Waals surface area (Å²) in [6.07, 6.45) is 1.39. The number of hydrogen-bond acceptors (Lipinski definition) is 2. The molecule has 0 bridgehead atoms. The second kappa shape index (κ2) is 1.99. The van der Waals surface area contributed by atoms with Crippen molar-refractivity contribution in [2.75, 3.05) is 0 Å². The molecule has 1 heterocycles. The molecule has 2 rings (SSSR count). The first-order chi connectivity index (χ1) is 4.88. The van der Waals surface area contributed by atoms with Crippen molar-refractivity contribution in [1.82, 2.24) is 4.98 Å². The summed E-state index contributed by atoms with van der Waals surface area (Å²) < 4.78 is 5.01. The molecule has 0 aliphatic carbocycles. The van der Waals surface area contributed by atoms with Crippen LogP contribution in [0.4, 0.5) is 0 Å². The zero-order chi connectivity index (χ0) is 6.97. The predicted octanol–water partition coefficient (Wildman–Crippen LogP) is 2.48. The minimum absolute atomic E-state index is 0.606. The quantitative estimate of drug-likeness (QED) is 0.581. The van der Waals surface area contributed by atoms with Crippen LogP contribution in [0.1, 0.15) is 0 Å². The van der Waals surface area contributed by atoms with Crippen LogP contribution in [0.5, 0.6) is 0 Å². The minimum atomic E-state index is 0.606. The Morgan fingerprint density at radius 2 is 2.30 bits per heavy atom. The molecule has 0 saturated heterocycles. The van der Waals surface area contributed by atoms with E-state index in [9.17, 15) is 0 Å². The number of oxazole rings is 1. The summed E-state index contributed by atoms with van der Waals surface area (Å²) in [6, 6.07) is 5.47. The monoisotopic (exact) mass is 153 g/mol. The molecule has 0 saturated carbocycles. The molecule has 10 heavy (non-hydrogen) atoms. The van der Waals surface area contributed by atoms with E-state index in [1.807, 2.05) is 12.1 Å². The third-order valence-corrected chi connectivity index (χ3v) is 1.61. The molecule has 1 aromatic carbocycles. The van der Waals surface area contributed by atoms with E-state index >= 15 is 0 Å². The SMILES string of the molecule is Clc1cccc2ncoc12. The molecular formula is C7H4ClNO. The third kappa shape index (κ3) is 0.693. The molecule has 0 atom stereocenters. The van der Waals surface area contributed by atoms with Crippen molar-refractivity contribution in [3.63, 3.8) is 0 Å². The summed E-state index contributed by atoms with van der Waals surface area (Å²) in [5.41, 5.74) is 1.46. The molecule has 0 aliphatic heterocycles. The van der Waals surface area contributed by atoms with Crippen LogP contribution in [-0.4, -0.2) is 4.98 Å². The molecule has 2 aromatic rings. The lowest BCUT2D eigenvalue weighted by Crippen LogP contribution is -1.66. The van der Waals surface area contributed by atoms with Crippen LogP contribution in [0.2, 0.25) is 5.02 Å². The van der Waals surface area contributed by atoms with Crippen molar-refractivity contribution >= 4 is 22.7 Å². The summed E-state index contributed by atoms with van der Waals surface area (Å²) in [5.74, 6) is 0. The van der Waals surface area contributed by atoms with E-state index in [1.165, 1.54) is 6.39 Å². The topological polar surface area (TPSA) is 26.0 Å². The first kappa shape index (κ1) is 5.74. The largest absolute Gasteiger partial charge is 0.442 e. The highest BCUT2D eigenvalue weighted by molar-refractivity contribution is 6.34. The average Bonchev–Trinajstić information content (AvgIpc) is 2.36. The molecule has 0 fully saturated rings. The van der Waals surface area contributed by atoms with Crippen molar-refractivity contribution < 1.29 is 4.42 Å². The van der Waals surface area contributed by atoms with Gasteiger partial charge in [-0.05, 0) is 12.1 Å². The summed E-state index contributed by atoms with van der Waals surface area (Å²) in [7, 11) is 0. The summed E-state index contributed by atoms with van der Waals surface area (Å²) in [5, 5.41) is 0.606. The van der Waals surface area contributed by atoms with Gasteiger partial charge < -0.3 is 4.42 Å². The molecule has 1 aromatic heterocycles. The first-order valence-corrected chi connectivity index (χ1v) is 3.23. The molecule has 50 valence electrons. The van der Waals surface area contributed by atoms with E-state index in [2.05, 4.69) is 4.98 Å². The Morgan fingerprint density at radius 1 is 1.40 bits per heavy atom. The molecule has 0 N–H and O–H groups in total. The molecular weight excluding hydrogens is 150 g/mol. The maximum absolute atomic E-state index is 5.76. The van der Waals surface area contributed by atoms with Crippen molar-refractivity contribution in [3.05, 3.63) is 29.6 Å². The van der Waals surface area contributed by atoms with Crippen LogP contribution < -0.4 is 0 Å². The Balaban J connectivity index is 2.95. The van der Waals surface area contributed by atoms with Crippen molar-refractivity contribution in [2.45, 2.75) is 0 Å². The van der Waals surface area contributed by atoms with Crippen LogP contribution in [0.3, 0.4) is 0 Å². The third-order valence-electron chi connectivity index (χ3n) is 1.31. The Morgan fingerprint density at radius 3 is 3.10 bits per heavy atom. The molecule has 0 aliphatic rings. The van der Waals surface area contributed by atoms with Crippen LogP contribution in [0, 0.1) is 0 Å². The number of fused-ring (bicyclic) bond motifs is 1. The van der Waals surface area contributed by atoms with Crippen LogP contribution in [0.15, 0.2) is 29.0 Å². The predicted molar refractivity (Wildman–Crippen MR) is 39.0 cm³/mol. The molecule has 3 heteroatoms. The number of hydrogen-bond donors (Lipinski definition) is 0. The Hall–Kier alpha value is -1.02. The second-order valence-corrected chi connectivity index (χ2v) is 2.35. The lowest BCUT2D eigenvalue weighted by molar-refractivity contribution is 0.602. The Labute approximate surface area is 62.4 Å². The fraction of sp³-hybridized carbons (Fsp3) is 0. The minimum Gasteiger partial charge on any atom is -0.442 e. The van der Waals surface area contributed by atoms with E-state index < -0.39 is 0 Å². The molecule has 2 nitrogen and oxygen atoms in total. The van der Waals surface area contributed by atoms with E-state index in [0.717, 1.165) is 5.52 Å². The normalized spacial score (nSPS) is 10.5. The van der Waals surface area contributed by atoms with E-state index in [4.69, 9.17) is 16.0 Å². The van der Waals surface area contributed by atoms with Gasteiger partial charge in [0, 0.05) is 0 Å². The van der Waals surface area contributed by atoms with Crippen LogP contribution >= 0.6 is 11.6 Å². The smallest absolute Gasteiger partial charge is 0.182 e. The molecule has 0 unspecified atom stereocenters. The van der Waals surface area contributed by atoms with Crippen LogP contribution in [0.25, 0.3) is 11.1 Å². The van der Waals surface area contributed by atoms with E-state index in [-0.39, 0.29) is 0 Å². The Kier molecular flexibility index (Phi) is 1.14. The standard InChI is InChI=1S/C7H4ClNO/c8-5-2-1-3-6-7(5)10-4-9-6/h1-4H. The highest BCUT2D eigenvalue weighted by atomic mass is 35.5. The van der Waals surface area contributed by atoms with Gasteiger partial charge in [0.15, 0.2) is 12.0 Å². The summed E-state index contributed by atoms with van der Waals surface area (Å²) >= 11 is 5.76. The number of para-hydroxylation sites is 1. The first-order valence-electron chi connectivity index (χ1n) is 2.85. The fourth-order valence-corrected chi connectivity index (χ4v) is 1.07. The van der Waals surface area contributed by atoms with Crippen molar-refractivity contribution in [1.29, 1.82) is 0 Å². The van der Waals surface area contributed by atoms with Crippen LogP contribution in [-0.2, 0) is 0 Å². The van der Waals surface area contributed by atoms with Gasteiger partial charge in [-0.25, -0.2) is 4.98 Å². The maximum Gasteiger partial charge on any atom is 0.182 e. The van der Waals surface area contributed by atoms with Gasteiger partial charge in [-0.15, -0.1) is 0 Å². The lowest BCUT2D eigenvalue weighted by atomic mass is 10.3.